The minimum Gasteiger partial charge on any atom is -0.388 e. The zero-order chi connectivity index (χ0) is 11.5. The van der Waals surface area contributed by atoms with Crippen LogP contribution in [0.15, 0.2) is 30.7 Å². The lowest BCUT2D eigenvalue weighted by Crippen LogP contribution is -2.04. The van der Waals surface area contributed by atoms with Gasteiger partial charge in [-0.3, -0.25) is 4.68 Å². The molecule has 0 aromatic carbocycles. The molecule has 0 bridgehead atoms. The molecule has 3 N–H and O–H groups in total. The quantitative estimate of drug-likeness (QED) is 0.794. The van der Waals surface area contributed by atoms with Crippen molar-refractivity contribution in [2.75, 3.05) is 5.73 Å². The summed E-state index contributed by atoms with van der Waals surface area (Å²) in [4.78, 5) is 3.98. The zero-order valence-electron chi connectivity index (χ0n) is 9.04. The third kappa shape index (κ3) is 2.20. The van der Waals surface area contributed by atoms with Crippen LogP contribution in [0.25, 0.3) is 0 Å². The van der Waals surface area contributed by atoms with Crippen LogP contribution in [0.5, 0.6) is 0 Å². The Morgan fingerprint density at radius 1 is 1.56 bits per heavy atom. The fourth-order valence-corrected chi connectivity index (χ4v) is 1.56. The number of aliphatic hydroxyl groups is 1. The number of hydrogen-bond donors (Lipinski definition) is 2. The average Bonchev–Trinajstić information content (AvgIpc) is 2.68. The van der Waals surface area contributed by atoms with Crippen molar-refractivity contribution in [2.24, 2.45) is 7.05 Å². The normalized spacial score (nSPS) is 12.6. The first-order chi connectivity index (χ1) is 7.66. The van der Waals surface area contributed by atoms with Crippen LogP contribution in [0.4, 0.5) is 5.82 Å². The highest BCUT2D eigenvalue weighted by molar-refractivity contribution is 5.39. The number of nitrogens with zero attached hydrogens (tertiary/aromatic N) is 3. The van der Waals surface area contributed by atoms with Crippen LogP contribution < -0.4 is 5.73 Å². The fraction of sp³-hybridized carbons (Fsp3) is 0.273. The van der Waals surface area contributed by atoms with Crippen LogP contribution in [-0.2, 0) is 13.5 Å². The van der Waals surface area contributed by atoms with E-state index >= 15 is 0 Å². The highest BCUT2D eigenvalue weighted by atomic mass is 16.3. The predicted octanol–water partition coefficient (Wildman–Crippen LogP) is 0.673. The lowest BCUT2D eigenvalue weighted by molar-refractivity contribution is 0.178. The number of aryl methyl sites for hydroxylation is 1. The maximum Gasteiger partial charge on any atom is 0.126 e. The lowest BCUT2D eigenvalue weighted by Gasteiger charge is -2.09. The third-order valence-electron chi connectivity index (χ3n) is 2.45. The molecule has 2 aromatic heterocycles. The van der Waals surface area contributed by atoms with Gasteiger partial charge in [-0.1, -0.05) is 6.07 Å². The molecule has 0 radical (unpaired) electrons. The molecule has 0 amide bonds. The molecular formula is C11H14N4O. The first-order valence-corrected chi connectivity index (χ1v) is 5.03. The average molecular weight is 218 g/mol. The number of aromatic nitrogens is 3. The summed E-state index contributed by atoms with van der Waals surface area (Å²) in [5, 5.41) is 14.0. The van der Waals surface area contributed by atoms with E-state index in [1.165, 1.54) is 0 Å². The van der Waals surface area contributed by atoms with Gasteiger partial charge in [0.05, 0.1) is 12.3 Å². The summed E-state index contributed by atoms with van der Waals surface area (Å²) in [6, 6.07) is 3.67. The predicted molar refractivity (Wildman–Crippen MR) is 60.5 cm³/mol. The molecule has 84 valence electrons. The summed E-state index contributed by atoms with van der Waals surface area (Å²) < 4.78 is 1.66. The second-order valence-corrected chi connectivity index (χ2v) is 3.72. The van der Waals surface area contributed by atoms with E-state index < -0.39 is 6.10 Å². The number of nitrogens with two attached hydrogens (primary N) is 1. The molecule has 0 saturated heterocycles. The summed E-state index contributed by atoms with van der Waals surface area (Å²) in [7, 11) is 1.81. The molecule has 0 aliphatic heterocycles. The van der Waals surface area contributed by atoms with E-state index in [2.05, 4.69) is 10.1 Å². The van der Waals surface area contributed by atoms with Crippen LogP contribution in [0, 0.1) is 0 Å². The van der Waals surface area contributed by atoms with E-state index in [-0.39, 0.29) is 0 Å². The van der Waals surface area contributed by atoms with Gasteiger partial charge in [-0.05, 0) is 11.6 Å². The Labute approximate surface area is 93.5 Å². The Hall–Kier alpha value is -1.88. The Morgan fingerprint density at radius 3 is 3.00 bits per heavy atom. The number of nitrogen functional groups attached to an aromatic ring is 1. The summed E-state index contributed by atoms with van der Waals surface area (Å²) in [5.41, 5.74) is 7.34. The Balaban J connectivity index is 2.13. The van der Waals surface area contributed by atoms with E-state index in [1.807, 2.05) is 19.2 Å². The summed E-state index contributed by atoms with van der Waals surface area (Å²) in [6.07, 6.45) is 4.93. The second-order valence-electron chi connectivity index (χ2n) is 3.72. The van der Waals surface area contributed by atoms with Gasteiger partial charge in [-0.2, -0.15) is 5.10 Å². The van der Waals surface area contributed by atoms with E-state index in [0.717, 1.165) is 11.1 Å². The molecule has 5 heteroatoms. The highest BCUT2D eigenvalue weighted by Gasteiger charge is 2.12. The van der Waals surface area contributed by atoms with Crippen LogP contribution in [0.1, 0.15) is 17.2 Å². The van der Waals surface area contributed by atoms with Gasteiger partial charge in [0, 0.05) is 31.4 Å². The molecule has 0 aliphatic carbocycles. The SMILES string of the molecule is Cn1cc(C(O)Cc2cccnc2N)cn1. The summed E-state index contributed by atoms with van der Waals surface area (Å²) in [5.74, 6) is 0.463. The van der Waals surface area contributed by atoms with Gasteiger partial charge in [0.1, 0.15) is 5.82 Å². The summed E-state index contributed by atoms with van der Waals surface area (Å²) in [6.45, 7) is 0. The van der Waals surface area contributed by atoms with E-state index in [4.69, 9.17) is 5.73 Å². The van der Waals surface area contributed by atoms with Gasteiger partial charge in [-0.25, -0.2) is 4.98 Å². The largest absolute Gasteiger partial charge is 0.388 e. The standard InChI is InChI=1S/C11H14N4O/c1-15-7-9(6-14-15)10(16)5-8-3-2-4-13-11(8)12/h2-4,6-7,10,16H,5H2,1H3,(H2,12,13). The minimum atomic E-state index is -0.597. The first-order valence-electron chi connectivity index (χ1n) is 5.03. The molecule has 0 saturated carbocycles. The van der Waals surface area contributed by atoms with Crippen LogP contribution >= 0.6 is 0 Å². The lowest BCUT2D eigenvalue weighted by atomic mass is 10.1. The molecule has 0 fully saturated rings. The van der Waals surface area contributed by atoms with Gasteiger partial charge in [-0.15, -0.1) is 0 Å². The van der Waals surface area contributed by atoms with Gasteiger partial charge in [0.2, 0.25) is 0 Å². The summed E-state index contributed by atoms with van der Waals surface area (Å²) >= 11 is 0. The number of pyridine rings is 1. The molecule has 1 unspecified atom stereocenters. The van der Waals surface area contributed by atoms with Crippen molar-refractivity contribution < 1.29 is 5.11 Å². The van der Waals surface area contributed by atoms with Gasteiger partial charge in [0.25, 0.3) is 0 Å². The number of aliphatic hydroxyl groups excluding tert-OH is 1. The van der Waals surface area contributed by atoms with Crippen molar-refractivity contribution in [3.05, 3.63) is 41.9 Å². The zero-order valence-corrected chi connectivity index (χ0v) is 9.04. The monoisotopic (exact) mass is 218 g/mol. The molecule has 0 aliphatic rings. The third-order valence-corrected chi connectivity index (χ3v) is 2.45. The maximum absolute atomic E-state index is 9.98. The molecule has 0 spiro atoms. The number of rotatable bonds is 3. The molecule has 5 nitrogen and oxygen atoms in total. The first kappa shape index (κ1) is 10.6. The second kappa shape index (κ2) is 4.32. The fourth-order valence-electron chi connectivity index (χ4n) is 1.56. The minimum absolute atomic E-state index is 0.450. The van der Waals surface area contributed by atoms with E-state index in [9.17, 15) is 5.11 Å². The Morgan fingerprint density at radius 2 is 2.38 bits per heavy atom. The smallest absolute Gasteiger partial charge is 0.126 e. The van der Waals surface area contributed by atoms with Crippen molar-refractivity contribution in [3.8, 4) is 0 Å². The number of hydrogen-bond acceptors (Lipinski definition) is 4. The van der Waals surface area contributed by atoms with E-state index in [0.29, 0.717) is 12.2 Å². The molecule has 1 atom stereocenters. The molecule has 2 rings (SSSR count). The Bertz CT molecular complexity index is 480. The van der Waals surface area contributed by atoms with E-state index in [1.54, 1.807) is 23.3 Å². The molecule has 16 heavy (non-hydrogen) atoms. The van der Waals surface area contributed by atoms with Crippen molar-refractivity contribution >= 4 is 5.82 Å². The van der Waals surface area contributed by atoms with Gasteiger partial charge < -0.3 is 10.8 Å². The molecule has 2 aromatic rings. The van der Waals surface area contributed by atoms with Gasteiger partial charge >= 0.3 is 0 Å². The Kier molecular flexibility index (Phi) is 2.87. The maximum atomic E-state index is 9.98. The highest BCUT2D eigenvalue weighted by Crippen LogP contribution is 2.19. The van der Waals surface area contributed by atoms with Crippen LogP contribution in [-0.4, -0.2) is 19.9 Å². The topological polar surface area (TPSA) is 77.0 Å². The van der Waals surface area contributed by atoms with Gasteiger partial charge in [0.15, 0.2) is 0 Å². The van der Waals surface area contributed by atoms with Crippen molar-refractivity contribution in [2.45, 2.75) is 12.5 Å². The number of anilines is 1. The van der Waals surface area contributed by atoms with Crippen molar-refractivity contribution in [3.63, 3.8) is 0 Å². The van der Waals surface area contributed by atoms with Crippen LogP contribution in [0.2, 0.25) is 0 Å². The van der Waals surface area contributed by atoms with Crippen LogP contribution in [0.3, 0.4) is 0 Å². The molecular weight excluding hydrogens is 204 g/mol. The van der Waals surface area contributed by atoms with Crippen molar-refractivity contribution in [1.82, 2.24) is 14.8 Å². The molecule has 2 heterocycles. The van der Waals surface area contributed by atoms with Crippen molar-refractivity contribution in [1.29, 1.82) is 0 Å².